The van der Waals surface area contributed by atoms with Gasteiger partial charge < -0.3 is 9.13 Å². The second-order valence-electron chi connectivity index (χ2n) is 20.6. The third kappa shape index (κ3) is 9.80. The molecule has 0 radical (unpaired) electrons. The van der Waals surface area contributed by atoms with Crippen LogP contribution in [0.25, 0.3) is 77.0 Å². The van der Waals surface area contributed by atoms with Crippen LogP contribution in [0, 0.1) is 0 Å². The summed E-state index contributed by atoms with van der Waals surface area (Å²) in [5, 5.41) is 5.53. The zero-order valence-electron chi connectivity index (χ0n) is 41.9. The molecule has 0 amide bonds. The molecule has 2 nitrogen and oxygen atoms in total. The summed E-state index contributed by atoms with van der Waals surface area (Å²) >= 11 is 0. The van der Waals surface area contributed by atoms with Gasteiger partial charge >= 0.3 is 0 Å². The molecule has 6 aromatic carbocycles. The minimum absolute atomic E-state index is 0.00821. The van der Waals surface area contributed by atoms with Crippen molar-refractivity contribution in [2.75, 3.05) is 0 Å². The number of hydrogen-bond acceptors (Lipinski definition) is 0. The van der Waals surface area contributed by atoms with Crippen LogP contribution < -0.4 is 0 Å². The Morgan fingerprint density at radius 2 is 0.657 bits per heavy atom. The number of aryl methyl sites for hydroxylation is 2. The van der Waals surface area contributed by atoms with E-state index in [-0.39, 0.29) is 5.41 Å². The van der Waals surface area contributed by atoms with Crippen molar-refractivity contribution in [2.45, 2.75) is 187 Å². The topological polar surface area (TPSA) is 9.86 Å². The van der Waals surface area contributed by atoms with Crippen molar-refractivity contribution >= 4 is 43.6 Å². The molecule has 350 valence electrons. The Morgan fingerprint density at radius 3 is 1.09 bits per heavy atom. The minimum Gasteiger partial charge on any atom is -0.340 e. The lowest BCUT2D eigenvalue weighted by Crippen LogP contribution is -2.25. The van der Waals surface area contributed by atoms with E-state index in [0.717, 1.165) is 13.1 Å². The van der Waals surface area contributed by atoms with Crippen LogP contribution in [-0.2, 0) is 18.5 Å². The van der Waals surface area contributed by atoms with Gasteiger partial charge in [0, 0.05) is 62.1 Å². The van der Waals surface area contributed by atoms with Crippen LogP contribution in [-0.4, -0.2) is 9.13 Å². The maximum Gasteiger partial charge on any atom is 0.0497 e. The molecule has 1 aliphatic rings. The first kappa shape index (κ1) is 47.0. The van der Waals surface area contributed by atoms with Gasteiger partial charge in [0.2, 0.25) is 0 Å². The molecule has 2 heteroatoms. The van der Waals surface area contributed by atoms with E-state index in [1.165, 1.54) is 218 Å². The second kappa shape index (κ2) is 22.4. The largest absolute Gasteiger partial charge is 0.340 e. The molecular weight excluding hydrogens is 809 g/mol. The molecule has 2 heterocycles. The fraction of sp³-hybridized carbons (Fsp3) is 0.446. The Balaban J connectivity index is 1.11. The summed E-state index contributed by atoms with van der Waals surface area (Å²) in [7, 11) is 0. The van der Waals surface area contributed by atoms with Gasteiger partial charge in [-0.15, -0.1) is 0 Å². The number of unbranched alkanes of at least 4 members (excludes halogenated alkanes) is 16. The molecule has 1 aliphatic carbocycles. The van der Waals surface area contributed by atoms with Gasteiger partial charge in [-0.1, -0.05) is 228 Å². The molecule has 0 N–H and O–H groups in total. The van der Waals surface area contributed by atoms with Crippen molar-refractivity contribution in [1.29, 1.82) is 0 Å². The fourth-order valence-electron chi connectivity index (χ4n) is 12.3. The predicted molar refractivity (Wildman–Crippen MR) is 294 cm³/mol. The molecule has 67 heavy (non-hydrogen) atoms. The van der Waals surface area contributed by atoms with Crippen LogP contribution in [0.3, 0.4) is 0 Å². The summed E-state index contributed by atoms with van der Waals surface area (Å²) in [4.78, 5) is 0. The summed E-state index contributed by atoms with van der Waals surface area (Å²) in [6.07, 6.45) is 28.5. The molecule has 0 fully saturated rings. The average molecular weight is 889 g/mol. The van der Waals surface area contributed by atoms with Gasteiger partial charge in [-0.2, -0.15) is 0 Å². The molecule has 0 bridgehead atoms. The molecule has 0 atom stereocenters. The summed E-state index contributed by atoms with van der Waals surface area (Å²) in [6, 6.07) is 48.1. The van der Waals surface area contributed by atoms with Crippen molar-refractivity contribution in [3.8, 4) is 33.4 Å². The van der Waals surface area contributed by atoms with E-state index in [9.17, 15) is 0 Å². The molecule has 0 saturated heterocycles. The molecule has 8 aromatic rings. The second-order valence-corrected chi connectivity index (χ2v) is 20.6. The van der Waals surface area contributed by atoms with E-state index in [0.29, 0.717) is 0 Å². The number of para-hydroxylation sites is 2. The quantitative estimate of drug-likeness (QED) is 0.0480. The van der Waals surface area contributed by atoms with Crippen molar-refractivity contribution in [2.24, 2.45) is 0 Å². The van der Waals surface area contributed by atoms with Gasteiger partial charge in [0.25, 0.3) is 0 Å². The molecule has 0 unspecified atom stereocenters. The fourth-order valence-corrected chi connectivity index (χ4v) is 12.3. The number of benzene rings is 6. The van der Waals surface area contributed by atoms with Gasteiger partial charge in [0.1, 0.15) is 0 Å². The van der Waals surface area contributed by atoms with Crippen LogP contribution in [0.4, 0.5) is 0 Å². The lowest BCUT2D eigenvalue weighted by atomic mass is 9.70. The third-order valence-corrected chi connectivity index (χ3v) is 16.0. The molecule has 0 spiro atoms. The summed E-state index contributed by atoms with van der Waals surface area (Å²) < 4.78 is 5.27. The monoisotopic (exact) mass is 889 g/mol. The number of fused-ring (bicyclic) bond motifs is 9. The molecule has 0 aliphatic heterocycles. The number of rotatable bonds is 26. The minimum atomic E-state index is -0.00821. The van der Waals surface area contributed by atoms with E-state index in [1.54, 1.807) is 11.1 Å². The van der Waals surface area contributed by atoms with Crippen LogP contribution in [0.5, 0.6) is 0 Å². The lowest BCUT2D eigenvalue weighted by molar-refractivity contribution is 0.401. The third-order valence-electron chi connectivity index (χ3n) is 16.0. The number of aromatic nitrogens is 2. The zero-order valence-corrected chi connectivity index (χ0v) is 41.9. The van der Waals surface area contributed by atoms with E-state index in [4.69, 9.17) is 0 Å². The van der Waals surface area contributed by atoms with Crippen LogP contribution in [0.1, 0.15) is 180 Å². The predicted octanol–water partition coefficient (Wildman–Crippen LogP) is 20.2. The maximum atomic E-state index is 2.66. The Labute approximate surface area is 404 Å². The zero-order chi connectivity index (χ0) is 46.0. The van der Waals surface area contributed by atoms with Crippen molar-refractivity contribution < 1.29 is 0 Å². The molecule has 0 saturated carbocycles. The standard InChI is InChI=1S/C65H80N2/c1-5-9-13-17-19-27-43-66-61-31-23-21-29-55(61)57-39-35-51(47-63(57)66)49-33-37-53-54-38-34-50(46-60(54)65(59(53)45-49,41-25-15-11-7-3)42-26-16-12-8-4)52-36-40-58-56-30-22-24-32-62(56)67(64(58)48-52)44-28-20-18-14-10-6-2/h21-24,29-40,45-48H,5-20,25-28,41-44H2,1-4H3. The van der Waals surface area contributed by atoms with Gasteiger partial charge in [0.15, 0.2) is 0 Å². The average Bonchev–Trinajstić information content (AvgIpc) is 3.96. The van der Waals surface area contributed by atoms with Crippen molar-refractivity contribution in [3.05, 3.63) is 132 Å². The SMILES string of the molecule is CCCCCCCCn1c2ccccc2c2ccc(-c3ccc4c(c3)C(CCCCCC)(CCCCCC)c3cc(-c5ccc6c7ccccc7n(CCCCCCCC)c6c5)ccc3-4)cc21. The van der Waals surface area contributed by atoms with Gasteiger partial charge in [-0.3, -0.25) is 0 Å². The summed E-state index contributed by atoms with van der Waals surface area (Å²) in [5.74, 6) is 0. The normalized spacial score (nSPS) is 13.1. The molecule has 2 aromatic heterocycles. The van der Waals surface area contributed by atoms with Crippen LogP contribution in [0.15, 0.2) is 121 Å². The van der Waals surface area contributed by atoms with Gasteiger partial charge in [0.05, 0.1) is 0 Å². The Morgan fingerprint density at radius 1 is 0.313 bits per heavy atom. The Kier molecular flexibility index (Phi) is 15.7. The van der Waals surface area contributed by atoms with Gasteiger partial charge in [-0.05, 0) is 107 Å². The first-order valence-corrected chi connectivity index (χ1v) is 27.4. The molecule has 9 rings (SSSR count). The highest BCUT2D eigenvalue weighted by atomic mass is 15.0. The van der Waals surface area contributed by atoms with Crippen molar-refractivity contribution in [1.82, 2.24) is 9.13 Å². The van der Waals surface area contributed by atoms with E-state index in [1.807, 2.05) is 0 Å². The molecular formula is C65H80N2. The van der Waals surface area contributed by atoms with Crippen LogP contribution in [0.2, 0.25) is 0 Å². The summed E-state index contributed by atoms with van der Waals surface area (Å²) in [6.45, 7) is 11.5. The first-order valence-electron chi connectivity index (χ1n) is 27.4. The smallest absolute Gasteiger partial charge is 0.0497 e. The van der Waals surface area contributed by atoms with E-state index in [2.05, 4.69) is 158 Å². The van der Waals surface area contributed by atoms with Crippen molar-refractivity contribution in [3.63, 3.8) is 0 Å². The van der Waals surface area contributed by atoms with E-state index >= 15 is 0 Å². The lowest BCUT2D eigenvalue weighted by Gasteiger charge is -2.33. The first-order chi connectivity index (χ1) is 33.1. The van der Waals surface area contributed by atoms with E-state index < -0.39 is 0 Å². The highest BCUT2D eigenvalue weighted by Gasteiger charge is 2.42. The number of hydrogen-bond donors (Lipinski definition) is 0. The summed E-state index contributed by atoms with van der Waals surface area (Å²) in [5.41, 5.74) is 17.0. The highest BCUT2D eigenvalue weighted by molar-refractivity contribution is 6.10. The highest BCUT2D eigenvalue weighted by Crippen LogP contribution is 2.56. The maximum absolute atomic E-state index is 2.66. The van der Waals surface area contributed by atoms with Crippen LogP contribution >= 0.6 is 0 Å². The Bertz CT molecular complexity index is 2680. The Hall–Kier alpha value is -5.08. The van der Waals surface area contributed by atoms with Gasteiger partial charge in [-0.25, -0.2) is 0 Å². The number of nitrogens with zero attached hydrogens (tertiary/aromatic N) is 2.